The molecule has 1 unspecified atom stereocenters. The van der Waals surface area contributed by atoms with Gasteiger partial charge in [0.15, 0.2) is 0 Å². The lowest BCUT2D eigenvalue weighted by atomic mass is 10.2. The zero-order valence-electron chi connectivity index (χ0n) is 9.03. The van der Waals surface area contributed by atoms with Crippen LogP contribution in [0, 0.1) is 0 Å². The van der Waals surface area contributed by atoms with Gasteiger partial charge in [-0.1, -0.05) is 6.92 Å². The van der Waals surface area contributed by atoms with Gasteiger partial charge in [-0.25, -0.2) is 4.98 Å². The molecule has 0 aliphatic rings. The lowest BCUT2D eigenvalue weighted by Gasteiger charge is -2.08. The highest BCUT2D eigenvalue weighted by atomic mass is 15.1. The van der Waals surface area contributed by atoms with Crippen molar-refractivity contribution < 1.29 is 0 Å². The molecule has 4 nitrogen and oxygen atoms in total. The Labute approximate surface area is 85.5 Å². The fourth-order valence-electron chi connectivity index (χ4n) is 1.19. The first kappa shape index (κ1) is 11.2. The van der Waals surface area contributed by atoms with Gasteiger partial charge < -0.3 is 15.6 Å². The largest absolute Gasteiger partial charge is 0.336 e. The maximum absolute atomic E-state index is 5.45. The van der Waals surface area contributed by atoms with Gasteiger partial charge in [-0.2, -0.15) is 0 Å². The summed E-state index contributed by atoms with van der Waals surface area (Å²) in [5.41, 5.74) is 6.53. The van der Waals surface area contributed by atoms with Crippen molar-refractivity contribution in [2.45, 2.75) is 39.4 Å². The normalized spacial score (nSPS) is 13.1. The van der Waals surface area contributed by atoms with Crippen LogP contribution in [0.4, 0.5) is 0 Å². The van der Waals surface area contributed by atoms with Crippen LogP contribution in [0.1, 0.15) is 26.0 Å². The lowest BCUT2D eigenvalue weighted by Crippen LogP contribution is -2.24. The second-order valence-corrected chi connectivity index (χ2v) is 3.58. The van der Waals surface area contributed by atoms with Gasteiger partial charge in [0.1, 0.15) is 0 Å². The third-order valence-corrected chi connectivity index (χ3v) is 2.32. The molecule has 0 aliphatic carbocycles. The average molecular weight is 196 g/mol. The highest BCUT2D eigenvalue weighted by molar-refractivity contribution is 4.96. The molecular formula is C10H20N4. The minimum atomic E-state index is 0.551. The van der Waals surface area contributed by atoms with E-state index in [9.17, 15) is 0 Å². The summed E-state index contributed by atoms with van der Waals surface area (Å²) in [4.78, 5) is 4.29. The Balaban J connectivity index is 2.35. The molecule has 4 heteroatoms. The van der Waals surface area contributed by atoms with E-state index in [2.05, 4.69) is 24.1 Å². The Hall–Kier alpha value is -0.870. The van der Waals surface area contributed by atoms with E-state index in [1.165, 1.54) is 0 Å². The summed E-state index contributed by atoms with van der Waals surface area (Å²) in [6.07, 6.45) is 5.02. The van der Waals surface area contributed by atoms with Crippen molar-refractivity contribution in [1.29, 1.82) is 0 Å². The zero-order chi connectivity index (χ0) is 10.4. The third kappa shape index (κ3) is 3.47. The number of rotatable bonds is 6. The molecule has 0 spiro atoms. The quantitative estimate of drug-likeness (QED) is 0.705. The average Bonchev–Trinajstić information content (AvgIpc) is 2.63. The lowest BCUT2D eigenvalue weighted by molar-refractivity contribution is 0.529. The fourth-order valence-corrected chi connectivity index (χ4v) is 1.19. The molecule has 0 fully saturated rings. The molecule has 0 bridgehead atoms. The van der Waals surface area contributed by atoms with Gasteiger partial charge in [0.2, 0.25) is 0 Å². The molecule has 1 rings (SSSR count). The van der Waals surface area contributed by atoms with Crippen LogP contribution in [0.3, 0.4) is 0 Å². The molecule has 1 aromatic rings. The summed E-state index contributed by atoms with van der Waals surface area (Å²) in [5, 5.41) is 3.40. The van der Waals surface area contributed by atoms with Crippen molar-refractivity contribution in [1.82, 2.24) is 14.9 Å². The molecule has 80 valence electrons. The minimum absolute atomic E-state index is 0.551. The Bertz CT molecular complexity index is 256. The van der Waals surface area contributed by atoms with Crippen LogP contribution in [0.15, 0.2) is 12.5 Å². The molecule has 1 heterocycles. The van der Waals surface area contributed by atoms with E-state index in [1.807, 2.05) is 17.1 Å². The maximum atomic E-state index is 5.45. The molecule has 0 radical (unpaired) electrons. The molecular weight excluding hydrogens is 176 g/mol. The molecule has 14 heavy (non-hydrogen) atoms. The number of hydrogen-bond donors (Lipinski definition) is 2. The molecule has 0 saturated heterocycles. The molecule has 3 N–H and O–H groups in total. The van der Waals surface area contributed by atoms with Crippen LogP contribution in [0.25, 0.3) is 0 Å². The number of aromatic nitrogens is 2. The van der Waals surface area contributed by atoms with E-state index in [4.69, 9.17) is 5.73 Å². The van der Waals surface area contributed by atoms with Crippen molar-refractivity contribution in [2.75, 3.05) is 6.54 Å². The maximum Gasteiger partial charge on any atom is 0.0950 e. The van der Waals surface area contributed by atoms with Gasteiger partial charge in [0.05, 0.1) is 12.0 Å². The van der Waals surface area contributed by atoms with Gasteiger partial charge in [0.25, 0.3) is 0 Å². The number of nitrogens with two attached hydrogens (primary N) is 1. The van der Waals surface area contributed by atoms with E-state index in [0.717, 1.165) is 25.2 Å². The first-order valence-corrected chi connectivity index (χ1v) is 5.20. The van der Waals surface area contributed by atoms with Crippen LogP contribution < -0.4 is 11.1 Å². The summed E-state index contributed by atoms with van der Waals surface area (Å²) in [7, 11) is 0. The number of nitrogens with one attached hydrogen (secondary N) is 1. The molecule has 0 saturated carbocycles. The molecule has 1 atom stereocenters. The van der Waals surface area contributed by atoms with Crippen molar-refractivity contribution in [3.8, 4) is 0 Å². The number of imidazole rings is 1. The van der Waals surface area contributed by atoms with Crippen molar-refractivity contribution in [3.05, 3.63) is 18.2 Å². The zero-order valence-corrected chi connectivity index (χ0v) is 9.03. The summed E-state index contributed by atoms with van der Waals surface area (Å²) in [5.74, 6) is 0. The van der Waals surface area contributed by atoms with Crippen LogP contribution in [0.2, 0.25) is 0 Å². The molecule has 1 aromatic heterocycles. The topological polar surface area (TPSA) is 55.9 Å². The van der Waals surface area contributed by atoms with E-state index in [0.29, 0.717) is 12.6 Å². The van der Waals surface area contributed by atoms with E-state index in [-0.39, 0.29) is 0 Å². The Morgan fingerprint density at radius 2 is 2.43 bits per heavy atom. The summed E-state index contributed by atoms with van der Waals surface area (Å²) in [6, 6.07) is 0.551. The fraction of sp³-hybridized carbons (Fsp3) is 0.700. The Kier molecular flexibility index (Phi) is 4.62. The second kappa shape index (κ2) is 5.78. The summed E-state index contributed by atoms with van der Waals surface area (Å²) in [6.45, 7) is 6.69. The van der Waals surface area contributed by atoms with E-state index >= 15 is 0 Å². The first-order valence-electron chi connectivity index (χ1n) is 5.20. The SMILES string of the molecule is CCC(C)NCc1cn(CCN)cn1. The monoisotopic (exact) mass is 196 g/mol. The predicted octanol–water partition coefficient (Wildman–Crippen LogP) is 0.730. The van der Waals surface area contributed by atoms with Crippen LogP contribution in [-0.2, 0) is 13.1 Å². The summed E-state index contributed by atoms with van der Waals surface area (Å²) >= 11 is 0. The van der Waals surface area contributed by atoms with Gasteiger partial charge >= 0.3 is 0 Å². The highest BCUT2D eigenvalue weighted by Gasteiger charge is 2.00. The third-order valence-electron chi connectivity index (χ3n) is 2.32. The van der Waals surface area contributed by atoms with Crippen LogP contribution in [0.5, 0.6) is 0 Å². The Morgan fingerprint density at radius 3 is 3.07 bits per heavy atom. The second-order valence-electron chi connectivity index (χ2n) is 3.58. The van der Waals surface area contributed by atoms with E-state index in [1.54, 1.807) is 0 Å². The molecule has 0 amide bonds. The van der Waals surface area contributed by atoms with Crippen LogP contribution >= 0.6 is 0 Å². The van der Waals surface area contributed by atoms with Crippen LogP contribution in [-0.4, -0.2) is 22.1 Å². The summed E-state index contributed by atoms with van der Waals surface area (Å²) < 4.78 is 2.02. The minimum Gasteiger partial charge on any atom is -0.336 e. The van der Waals surface area contributed by atoms with E-state index < -0.39 is 0 Å². The van der Waals surface area contributed by atoms with Gasteiger partial charge in [-0.15, -0.1) is 0 Å². The molecule has 0 aliphatic heterocycles. The smallest absolute Gasteiger partial charge is 0.0950 e. The number of hydrogen-bond acceptors (Lipinski definition) is 3. The van der Waals surface area contributed by atoms with Crippen molar-refractivity contribution in [2.24, 2.45) is 5.73 Å². The molecule has 0 aromatic carbocycles. The first-order chi connectivity index (χ1) is 6.76. The highest BCUT2D eigenvalue weighted by Crippen LogP contribution is 1.97. The number of nitrogens with zero attached hydrogens (tertiary/aromatic N) is 2. The van der Waals surface area contributed by atoms with Crippen molar-refractivity contribution >= 4 is 0 Å². The Morgan fingerprint density at radius 1 is 1.64 bits per heavy atom. The van der Waals surface area contributed by atoms with Gasteiger partial charge in [0, 0.05) is 31.9 Å². The standard InChI is InChI=1S/C10H20N4/c1-3-9(2)12-6-10-7-14(5-4-11)8-13-10/h7-9,12H,3-6,11H2,1-2H3. The van der Waals surface area contributed by atoms with Crippen molar-refractivity contribution in [3.63, 3.8) is 0 Å². The van der Waals surface area contributed by atoms with Gasteiger partial charge in [-0.3, -0.25) is 0 Å². The van der Waals surface area contributed by atoms with Gasteiger partial charge in [-0.05, 0) is 13.3 Å². The predicted molar refractivity (Wildman–Crippen MR) is 57.9 cm³/mol.